The van der Waals surface area contributed by atoms with E-state index in [1.54, 1.807) is 0 Å². The molecule has 0 radical (unpaired) electrons. The zero-order chi connectivity index (χ0) is 11.6. The molecule has 1 aliphatic rings. The minimum Gasteiger partial charge on any atom is -0.399 e. The summed E-state index contributed by atoms with van der Waals surface area (Å²) in [5, 5.41) is 0. The molecule has 1 aromatic rings. The van der Waals surface area contributed by atoms with Crippen LogP contribution in [0, 0.1) is 0 Å². The van der Waals surface area contributed by atoms with Crippen LogP contribution in [-0.4, -0.2) is 0 Å². The molecule has 86 valence electrons. The van der Waals surface area contributed by atoms with Crippen LogP contribution in [0.15, 0.2) is 54.3 Å². The molecule has 2 rings (SSSR count). The van der Waals surface area contributed by atoms with E-state index in [9.17, 15) is 0 Å². The van der Waals surface area contributed by atoms with E-state index >= 15 is 0 Å². The van der Waals surface area contributed by atoms with E-state index in [1.807, 2.05) is 12.2 Å². The van der Waals surface area contributed by atoms with E-state index in [4.69, 9.17) is 5.73 Å². The largest absolute Gasteiger partial charge is 0.399 e. The molecule has 0 saturated heterocycles. The lowest BCUT2D eigenvalue weighted by molar-refractivity contribution is 0.922. The Kier molecular flexibility index (Phi) is 6.09. The maximum atomic E-state index is 5.41. The Hall–Kier alpha value is -1.50. The van der Waals surface area contributed by atoms with Crippen molar-refractivity contribution in [2.24, 2.45) is 5.73 Å². The summed E-state index contributed by atoms with van der Waals surface area (Å²) < 4.78 is 0. The number of allylic oxidation sites excluding steroid dienone is 3. The molecule has 1 aromatic carbocycles. The Balaban J connectivity index is 0.000000165. The van der Waals surface area contributed by atoms with Crippen LogP contribution in [-0.2, 0) is 6.42 Å². The van der Waals surface area contributed by atoms with E-state index in [2.05, 4.69) is 43.3 Å². The zero-order valence-electron chi connectivity index (χ0n) is 10.0. The summed E-state index contributed by atoms with van der Waals surface area (Å²) >= 11 is 0. The summed E-state index contributed by atoms with van der Waals surface area (Å²) in [4.78, 5) is 0. The molecule has 0 unspecified atom stereocenters. The second-order valence-corrected chi connectivity index (χ2v) is 3.92. The smallest absolute Gasteiger partial charge is 0.0270 e. The first kappa shape index (κ1) is 12.6. The van der Waals surface area contributed by atoms with Crippen molar-refractivity contribution in [3.05, 3.63) is 59.8 Å². The SMILES string of the molecule is CCCc1ccccc1.NC1=CCCC=C1. The van der Waals surface area contributed by atoms with Gasteiger partial charge >= 0.3 is 0 Å². The lowest BCUT2D eigenvalue weighted by atomic mass is 10.1. The van der Waals surface area contributed by atoms with Gasteiger partial charge in [-0.15, -0.1) is 0 Å². The molecule has 0 heterocycles. The van der Waals surface area contributed by atoms with Crippen LogP contribution in [0.4, 0.5) is 0 Å². The molecule has 0 aliphatic heterocycles. The van der Waals surface area contributed by atoms with E-state index in [0.717, 1.165) is 18.5 Å². The molecule has 0 bridgehead atoms. The Morgan fingerprint density at radius 1 is 1.12 bits per heavy atom. The van der Waals surface area contributed by atoms with Gasteiger partial charge in [-0.1, -0.05) is 55.8 Å². The predicted octanol–water partition coefficient (Wildman–Crippen LogP) is 3.82. The molecule has 0 atom stereocenters. The van der Waals surface area contributed by atoms with Crippen molar-refractivity contribution in [3.8, 4) is 0 Å². The van der Waals surface area contributed by atoms with Crippen LogP contribution in [0.2, 0.25) is 0 Å². The average Bonchev–Trinajstić information content (AvgIpc) is 2.33. The number of benzene rings is 1. The molecular formula is C15H21N. The second kappa shape index (κ2) is 7.75. The van der Waals surface area contributed by atoms with Crippen molar-refractivity contribution < 1.29 is 0 Å². The first-order valence-electron chi connectivity index (χ1n) is 5.99. The van der Waals surface area contributed by atoms with Gasteiger partial charge in [-0.2, -0.15) is 0 Å². The van der Waals surface area contributed by atoms with E-state index in [-0.39, 0.29) is 0 Å². The predicted molar refractivity (Wildman–Crippen MR) is 71.1 cm³/mol. The van der Waals surface area contributed by atoms with E-state index in [0.29, 0.717) is 0 Å². The molecule has 2 N–H and O–H groups in total. The van der Waals surface area contributed by atoms with Crippen LogP contribution < -0.4 is 5.73 Å². The first-order valence-corrected chi connectivity index (χ1v) is 5.99. The van der Waals surface area contributed by atoms with Gasteiger partial charge in [0, 0.05) is 5.70 Å². The van der Waals surface area contributed by atoms with Crippen LogP contribution in [0.3, 0.4) is 0 Å². The van der Waals surface area contributed by atoms with Crippen molar-refractivity contribution in [3.63, 3.8) is 0 Å². The van der Waals surface area contributed by atoms with E-state index < -0.39 is 0 Å². The highest BCUT2D eigenvalue weighted by molar-refractivity contribution is 5.18. The summed E-state index contributed by atoms with van der Waals surface area (Å²) in [6, 6.07) is 10.6. The normalized spacial score (nSPS) is 13.7. The summed E-state index contributed by atoms with van der Waals surface area (Å²) in [6.07, 6.45) is 10.8. The Labute approximate surface area is 98.7 Å². The summed E-state index contributed by atoms with van der Waals surface area (Å²) in [5.41, 5.74) is 7.76. The highest BCUT2D eigenvalue weighted by Gasteiger charge is 1.87. The van der Waals surface area contributed by atoms with Crippen molar-refractivity contribution in [1.29, 1.82) is 0 Å². The number of nitrogens with two attached hydrogens (primary N) is 1. The van der Waals surface area contributed by atoms with Gasteiger partial charge in [0.25, 0.3) is 0 Å². The monoisotopic (exact) mass is 215 g/mol. The van der Waals surface area contributed by atoms with Gasteiger partial charge in [0.1, 0.15) is 0 Å². The molecule has 1 nitrogen and oxygen atoms in total. The van der Waals surface area contributed by atoms with Crippen LogP contribution in [0.5, 0.6) is 0 Å². The van der Waals surface area contributed by atoms with Crippen molar-refractivity contribution >= 4 is 0 Å². The molecule has 0 spiro atoms. The topological polar surface area (TPSA) is 26.0 Å². The highest BCUT2D eigenvalue weighted by Crippen LogP contribution is 2.03. The Morgan fingerprint density at radius 2 is 1.88 bits per heavy atom. The maximum Gasteiger partial charge on any atom is 0.0270 e. The quantitative estimate of drug-likeness (QED) is 0.797. The van der Waals surface area contributed by atoms with Crippen LogP contribution in [0.1, 0.15) is 31.7 Å². The van der Waals surface area contributed by atoms with Gasteiger partial charge in [0.05, 0.1) is 0 Å². The molecule has 0 saturated carbocycles. The van der Waals surface area contributed by atoms with Crippen molar-refractivity contribution in [2.45, 2.75) is 32.6 Å². The lowest BCUT2D eigenvalue weighted by Crippen LogP contribution is -1.94. The summed E-state index contributed by atoms with van der Waals surface area (Å²) in [7, 11) is 0. The van der Waals surface area contributed by atoms with Crippen LogP contribution in [0.25, 0.3) is 0 Å². The van der Waals surface area contributed by atoms with Gasteiger partial charge in [-0.3, -0.25) is 0 Å². The summed E-state index contributed by atoms with van der Waals surface area (Å²) in [5.74, 6) is 0. The van der Waals surface area contributed by atoms with Gasteiger partial charge < -0.3 is 5.73 Å². The van der Waals surface area contributed by atoms with Gasteiger partial charge in [0.15, 0.2) is 0 Å². The molecule has 1 aliphatic carbocycles. The first-order chi connectivity index (χ1) is 7.83. The number of hydrogen-bond acceptors (Lipinski definition) is 1. The third kappa shape index (κ3) is 5.40. The molecule has 0 aromatic heterocycles. The molecule has 0 amide bonds. The Bertz CT molecular complexity index is 336. The summed E-state index contributed by atoms with van der Waals surface area (Å²) in [6.45, 7) is 2.20. The number of aryl methyl sites for hydroxylation is 1. The third-order valence-electron chi connectivity index (χ3n) is 2.41. The van der Waals surface area contributed by atoms with Crippen molar-refractivity contribution in [1.82, 2.24) is 0 Å². The Morgan fingerprint density at radius 3 is 2.31 bits per heavy atom. The highest BCUT2D eigenvalue weighted by atomic mass is 14.6. The number of hydrogen-bond donors (Lipinski definition) is 1. The molecule has 16 heavy (non-hydrogen) atoms. The minimum atomic E-state index is 0.909. The molecule has 0 fully saturated rings. The standard InChI is InChI=1S/C9H12.C6H9N/c1-2-6-9-7-4-3-5-8-9;7-6-4-2-1-3-5-6/h3-5,7-8H,2,6H2,1H3;2,4-5H,1,3,7H2. The van der Waals surface area contributed by atoms with Gasteiger partial charge in [-0.25, -0.2) is 0 Å². The number of rotatable bonds is 2. The molecule has 1 heteroatoms. The van der Waals surface area contributed by atoms with Gasteiger partial charge in [-0.05, 0) is 30.9 Å². The fraction of sp³-hybridized carbons (Fsp3) is 0.333. The van der Waals surface area contributed by atoms with Crippen molar-refractivity contribution in [2.75, 3.05) is 0 Å². The van der Waals surface area contributed by atoms with Crippen LogP contribution >= 0.6 is 0 Å². The van der Waals surface area contributed by atoms with Gasteiger partial charge in [0.2, 0.25) is 0 Å². The van der Waals surface area contributed by atoms with E-state index in [1.165, 1.54) is 18.4 Å². The minimum absolute atomic E-state index is 0.909. The average molecular weight is 215 g/mol. The molecular weight excluding hydrogens is 194 g/mol. The fourth-order valence-corrected chi connectivity index (χ4v) is 1.57. The zero-order valence-corrected chi connectivity index (χ0v) is 10.0. The maximum absolute atomic E-state index is 5.41. The third-order valence-corrected chi connectivity index (χ3v) is 2.41. The second-order valence-electron chi connectivity index (χ2n) is 3.92. The lowest BCUT2D eigenvalue weighted by Gasteiger charge is -1.97. The fourth-order valence-electron chi connectivity index (χ4n) is 1.57.